The second-order valence-electron chi connectivity index (χ2n) is 5.45. The molecule has 0 aliphatic rings. The molecule has 3 rings (SSSR count). The van der Waals surface area contributed by atoms with Crippen LogP contribution in [0.5, 0.6) is 17.2 Å². The number of ether oxygens (including phenoxy) is 3. The van der Waals surface area contributed by atoms with E-state index in [9.17, 15) is 0 Å². The summed E-state index contributed by atoms with van der Waals surface area (Å²) in [5.74, 6) is 1.81. The molecule has 0 fully saturated rings. The van der Waals surface area contributed by atoms with Crippen LogP contribution in [0.1, 0.15) is 0 Å². The molecule has 136 valence electrons. The van der Waals surface area contributed by atoms with E-state index in [1.54, 1.807) is 33.1 Å². The molecule has 0 saturated heterocycles. The van der Waals surface area contributed by atoms with Crippen molar-refractivity contribution in [3.63, 3.8) is 0 Å². The highest BCUT2D eigenvalue weighted by molar-refractivity contribution is 7.98. The van der Waals surface area contributed by atoms with Crippen LogP contribution < -0.4 is 19.9 Å². The van der Waals surface area contributed by atoms with Gasteiger partial charge < -0.3 is 19.9 Å². The van der Waals surface area contributed by atoms with Crippen LogP contribution in [-0.2, 0) is 0 Å². The number of nitrogens with two attached hydrogens (primary N) is 1. The fraction of sp³-hybridized carbons (Fsp3) is 0.211. The van der Waals surface area contributed by atoms with E-state index in [4.69, 9.17) is 19.9 Å². The average molecular weight is 389 g/mol. The van der Waals surface area contributed by atoms with Gasteiger partial charge in [0, 0.05) is 21.7 Å². The number of methoxy groups -OCH3 is 3. The summed E-state index contributed by atoms with van der Waals surface area (Å²) in [5.41, 5.74) is 9.70. The van der Waals surface area contributed by atoms with E-state index in [0.29, 0.717) is 17.2 Å². The summed E-state index contributed by atoms with van der Waals surface area (Å²) >= 11 is 3.05. The van der Waals surface area contributed by atoms with Crippen LogP contribution in [0.2, 0.25) is 0 Å². The highest BCUT2D eigenvalue weighted by Crippen LogP contribution is 2.42. The Labute approximate surface area is 161 Å². The van der Waals surface area contributed by atoms with Gasteiger partial charge in [-0.05, 0) is 48.1 Å². The molecule has 5 nitrogen and oxygen atoms in total. The van der Waals surface area contributed by atoms with Gasteiger partial charge in [-0.25, -0.2) is 0 Å². The van der Waals surface area contributed by atoms with Gasteiger partial charge in [0.05, 0.1) is 31.9 Å². The van der Waals surface area contributed by atoms with Crippen molar-refractivity contribution in [3.8, 4) is 38.9 Å². The van der Waals surface area contributed by atoms with Crippen molar-refractivity contribution in [2.24, 2.45) is 0 Å². The Morgan fingerprint density at radius 2 is 1.62 bits per heavy atom. The van der Waals surface area contributed by atoms with Gasteiger partial charge in [0.25, 0.3) is 0 Å². The van der Waals surface area contributed by atoms with E-state index >= 15 is 0 Å². The Hall–Kier alpha value is -2.38. The van der Waals surface area contributed by atoms with Gasteiger partial charge in [-0.2, -0.15) is 4.37 Å². The molecular formula is C19H20N2O3S2. The predicted octanol–water partition coefficient (Wildman–Crippen LogP) is 4.81. The number of hydrogen-bond acceptors (Lipinski definition) is 7. The minimum atomic E-state index is 0.573. The van der Waals surface area contributed by atoms with Crippen LogP contribution in [-0.4, -0.2) is 32.0 Å². The Balaban J connectivity index is 2.01. The van der Waals surface area contributed by atoms with Crippen LogP contribution in [0.3, 0.4) is 0 Å². The van der Waals surface area contributed by atoms with E-state index in [1.807, 2.05) is 42.7 Å². The fourth-order valence-electron chi connectivity index (χ4n) is 2.66. The molecule has 0 aliphatic carbocycles. The number of nitrogens with zero attached hydrogens (tertiary/aromatic N) is 1. The third-order valence-electron chi connectivity index (χ3n) is 3.98. The Bertz CT molecular complexity index is 900. The average Bonchev–Trinajstić information content (AvgIpc) is 3.16. The smallest absolute Gasteiger partial charge is 0.203 e. The molecule has 0 atom stereocenters. The minimum Gasteiger partial charge on any atom is -0.493 e. The SMILES string of the molecule is COc1cc(-c2cc(-c3ccc(SC)c(N)c3)ns2)cc(OC)c1OC. The Morgan fingerprint density at radius 3 is 2.15 bits per heavy atom. The van der Waals surface area contributed by atoms with Gasteiger partial charge in [-0.3, -0.25) is 0 Å². The van der Waals surface area contributed by atoms with Gasteiger partial charge >= 0.3 is 0 Å². The molecule has 0 bridgehead atoms. The summed E-state index contributed by atoms with van der Waals surface area (Å²) in [6, 6.07) is 11.9. The molecule has 1 aromatic heterocycles. The standard InChI is InChI=1S/C19H20N2O3S2/c1-22-15-8-12(9-16(23-2)19(15)24-3)18-10-14(21-26-18)11-5-6-17(25-4)13(20)7-11/h5-10H,20H2,1-4H3. The summed E-state index contributed by atoms with van der Waals surface area (Å²) in [4.78, 5) is 2.07. The molecular weight excluding hydrogens is 368 g/mol. The second-order valence-corrected chi connectivity index (χ2v) is 7.10. The molecule has 1 heterocycles. The first-order chi connectivity index (χ1) is 12.6. The third-order valence-corrected chi connectivity index (χ3v) is 5.63. The summed E-state index contributed by atoms with van der Waals surface area (Å²) in [5, 5.41) is 0. The molecule has 7 heteroatoms. The maximum atomic E-state index is 6.10. The highest BCUT2D eigenvalue weighted by atomic mass is 32.2. The lowest BCUT2D eigenvalue weighted by atomic mass is 10.1. The number of benzene rings is 2. The van der Waals surface area contributed by atoms with Gasteiger partial charge in [0.1, 0.15) is 0 Å². The van der Waals surface area contributed by atoms with Gasteiger partial charge in [-0.1, -0.05) is 6.07 Å². The first-order valence-electron chi connectivity index (χ1n) is 7.82. The molecule has 2 N–H and O–H groups in total. The number of nitrogen functional groups attached to an aromatic ring is 1. The lowest BCUT2D eigenvalue weighted by molar-refractivity contribution is 0.324. The minimum absolute atomic E-state index is 0.573. The normalized spacial score (nSPS) is 10.6. The monoisotopic (exact) mass is 388 g/mol. The Morgan fingerprint density at radius 1 is 0.923 bits per heavy atom. The molecule has 3 aromatic rings. The van der Waals surface area contributed by atoms with Crippen LogP contribution >= 0.6 is 23.3 Å². The first-order valence-corrected chi connectivity index (χ1v) is 9.82. The zero-order valence-corrected chi connectivity index (χ0v) is 16.7. The number of aromatic nitrogens is 1. The van der Waals surface area contributed by atoms with Crippen LogP contribution in [0.4, 0.5) is 5.69 Å². The van der Waals surface area contributed by atoms with Crippen LogP contribution in [0.15, 0.2) is 41.3 Å². The molecule has 0 unspecified atom stereocenters. The molecule has 0 radical (unpaired) electrons. The first kappa shape index (κ1) is 18.4. The summed E-state index contributed by atoms with van der Waals surface area (Å²) < 4.78 is 20.8. The zero-order chi connectivity index (χ0) is 18.7. The fourth-order valence-corrected chi connectivity index (χ4v) is 3.91. The van der Waals surface area contributed by atoms with Crippen molar-refractivity contribution in [2.45, 2.75) is 4.90 Å². The maximum Gasteiger partial charge on any atom is 0.203 e. The van der Waals surface area contributed by atoms with Crippen LogP contribution in [0, 0.1) is 0 Å². The quantitative estimate of drug-likeness (QED) is 0.483. The van der Waals surface area contributed by atoms with Gasteiger partial charge in [0.2, 0.25) is 5.75 Å². The Kier molecular flexibility index (Phi) is 5.58. The predicted molar refractivity (Wildman–Crippen MR) is 109 cm³/mol. The van der Waals surface area contributed by atoms with Crippen molar-refractivity contribution in [3.05, 3.63) is 36.4 Å². The van der Waals surface area contributed by atoms with E-state index in [2.05, 4.69) is 4.37 Å². The molecule has 0 amide bonds. The van der Waals surface area contributed by atoms with Gasteiger partial charge in [-0.15, -0.1) is 11.8 Å². The lowest BCUT2D eigenvalue weighted by Crippen LogP contribution is -1.95. The molecule has 0 saturated carbocycles. The van der Waals surface area contributed by atoms with Crippen molar-refractivity contribution in [1.29, 1.82) is 0 Å². The highest BCUT2D eigenvalue weighted by Gasteiger charge is 2.16. The topological polar surface area (TPSA) is 66.6 Å². The van der Waals surface area contributed by atoms with E-state index < -0.39 is 0 Å². The van der Waals surface area contributed by atoms with E-state index in [1.165, 1.54) is 11.5 Å². The number of hydrogen-bond donors (Lipinski definition) is 1. The van der Waals surface area contributed by atoms with E-state index in [-0.39, 0.29) is 0 Å². The largest absolute Gasteiger partial charge is 0.493 e. The maximum absolute atomic E-state index is 6.10. The molecule has 26 heavy (non-hydrogen) atoms. The number of anilines is 1. The van der Waals surface area contributed by atoms with Crippen LogP contribution in [0.25, 0.3) is 21.7 Å². The second kappa shape index (κ2) is 7.88. The lowest BCUT2D eigenvalue weighted by Gasteiger charge is -2.13. The molecule has 0 aliphatic heterocycles. The van der Waals surface area contributed by atoms with Crippen molar-refractivity contribution in [1.82, 2.24) is 4.37 Å². The van der Waals surface area contributed by atoms with Crippen molar-refractivity contribution in [2.75, 3.05) is 33.3 Å². The summed E-state index contributed by atoms with van der Waals surface area (Å²) in [6.45, 7) is 0. The van der Waals surface area contributed by atoms with Crippen molar-refractivity contribution < 1.29 is 14.2 Å². The molecule has 2 aromatic carbocycles. The number of rotatable bonds is 6. The summed E-state index contributed by atoms with van der Waals surface area (Å²) in [7, 11) is 4.80. The zero-order valence-electron chi connectivity index (χ0n) is 15.0. The number of thioether (sulfide) groups is 1. The molecule has 0 spiro atoms. The van der Waals surface area contributed by atoms with E-state index in [0.717, 1.165) is 32.3 Å². The van der Waals surface area contributed by atoms with Crippen molar-refractivity contribution >= 4 is 29.0 Å². The third kappa shape index (κ3) is 3.45. The van der Waals surface area contributed by atoms with Gasteiger partial charge in [0.15, 0.2) is 11.5 Å². The summed E-state index contributed by atoms with van der Waals surface area (Å²) in [6.07, 6.45) is 2.01.